The van der Waals surface area contributed by atoms with Crippen LogP contribution in [0.5, 0.6) is 5.75 Å². The Labute approximate surface area is 157 Å². The zero-order valence-corrected chi connectivity index (χ0v) is 17.1. The Morgan fingerprint density at radius 2 is 1.54 bits per heavy atom. The van der Waals surface area contributed by atoms with Gasteiger partial charge in [-0.2, -0.15) is 0 Å². The van der Waals surface area contributed by atoms with Crippen molar-refractivity contribution in [3.63, 3.8) is 0 Å². The number of phenolic OH excluding ortho intramolecular Hbond substituents is 1. The van der Waals surface area contributed by atoms with Gasteiger partial charge in [-0.3, -0.25) is 4.79 Å². The van der Waals surface area contributed by atoms with Crippen molar-refractivity contribution in [1.29, 1.82) is 0 Å². The first kappa shape index (κ1) is 20.0. The fraction of sp³-hybridized carbons (Fsp3) is 0.435. The number of amides is 1. The number of rotatable bonds is 3. The van der Waals surface area contributed by atoms with Crippen LogP contribution in [0.4, 0.5) is 5.69 Å². The molecule has 0 bridgehead atoms. The molecule has 0 unspecified atom stereocenters. The van der Waals surface area contributed by atoms with E-state index >= 15 is 0 Å². The molecule has 3 heteroatoms. The van der Waals surface area contributed by atoms with Gasteiger partial charge in [0.05, 0.1) is 5.56 Å². The van der Waals surface area contributed by atoms with Crippen LogP contribution in [0.25, 0.3) is 0 Å². The summed E-state index contributed by atoms with van der Waals surface area (Å²) in [6.45, 7) is 15.0. The van der Waals surface area contributed by atoms with Crippen molar-refractivity contribution in [3.05, 3.63) is 59.2 Å². The maximum absolute atomic E-state index is 13.3. The molecule has 1 amide bonds. The number of anilines is 1. The number of hydrogen-bond donors (Lipinski definition) is 1. The fourth-order valence-electron chi connectivity index (χ4n) is 3.00. The monoisotopic (exact) mass is 353 g/mol. The Hall–Kier alpha value is -2.29. The first-order chi connectivity index (χ1) is 12.0. The van der Waals surface area contributed by atoms with E-state index in [1.165, 1.54) is 0 Å². The molecule has 1 N–H and O–H groups in total. The molecule has 0 aliphatic rings. The number of hydrogen-bond acceptors (Lipinski definition) is 2. The molecule has 3 nitrogen and oxygen atoms in total. The maximum atomic E-state index is 13.3. The van der Waals surface area contributed by atoms with Gasteiger partial charge < -0.3 is 10.0 Å². The summed E-state index contributed by atoms with van der Waals surface area (Å²) < 4.78 is 0. The summed E-state index contributed by atoms with van der Waals surface area (Å²) in [7, 11) is 0. The normalized spacial score (nSPS) is 12.1. The van der Waals surface area contributed by atoms with Crippen LogP contribution < -0.4 is 4.90 Å². The van der Waals surface area contributed by atoms with Crippen molar-refractivity contribution < 1.29 is 9.90 Å². The van der Waals surface area contributed by atoms with E-state index in [0.717, 1.165) is 16.8 Å². The fourth-order valence-corrected chi connectivity index (χ4v) is 3.00. The Bertz CT molecular complexity index is 780. The van der Waals surface area contributed by atoms with E-state index in [4.69, 9.17) is 0 Å². The molecule has 0 atom stereocenters. The Morgan fingerprint density at radius 1 is 0.962 bits per heavy atom. The van der Waals surface area contributed by atoms with E-state index < -0.39 is 0 Å². The van der Waals surface area contributed by atoms with Crippen LogP contribution in [-0.2, 0) is 10.8 Å². The molecular formula is C23H31NO2. The van der Waals surface area contributed by atoms with Crippen molar-refractivity contribution in [1.82, 2.24) is 0 Å². The number of phenols is 1. The van der Waals surface area contributed by atoms with Crippen molar-refractivity contribution in [2.24, 2.45) is 0 Å². The van der Waals surface area contributed by atoms with E-state index in [0.29, 0.717) is 12.1 Å². The molecule has 2 aromatic carbocycles. The Kier molecular flexibility index (Phi) is 5.50. The SMILES string of the molecule is CCN(C(=O)c1cc(C(C)(C)C)cc(C(C)(C)C)c1O)c1ccccc1. The highest BCUT2D eigenvalue weighted by molar-refractivity contribution is 6.08. The predicted molar refractivity (Wildman–Crippen MR) is 109 cm³/mol. The third kappa shape index (κ3) is 4.09. The van der Waals surface area contributed by atoms with Gasteiger partial charge in [0.1, 0.15) is 5.75 Å². The highest BCUT2D eigenvalue weighted by Gasteiger charge is 2.29. The van der Waals surface area contributed by atoms with Gasteiger partial charge in [0.15, 0.2) is 0 Å². The second-order valence-electron chi connectivity index (χ2n) is 8.80. The van der Waals surface area contributed by atoms with Gasteiger partial charge in [-0.1, -0.05) is 65.8 Å². The summed E-state index contributed by atoms with van der Waals surface area (Å²) in [4.78, 5) is 15.0. The molecule has 140 valence electrons. The molecular weight excluding hydrogens is 322 g/mol. The standard InChI is InChI=1S/C23H31NO2/c1-8-24(17-12-10-9-11-13-17)21(26)18-14-16(22(2,3)4)15-19(20(18)25)23(5,6)7/h9-15,25H,8H2,1-7H3. The lowest BCUT2D eigenvalue weighted by Gasteiger charge is -2.29. The molecule has 2 rings (SSSR count). The summed E-state index contributed by atoms with van der Waals surface area (Å²) in [5, 5.41) is 10.9. The van der Waals surface area contributed by atoms with Gasteiger partial charge in [0.2, 0.25) is 0 Å². The van der Waals surface area contributed by atoms with Crippen LogP contribution >= 0.6 is 0 Å². The molecule has 26 heavy (non-hydrogen) atoms. The summed E-state index contributed by atoms with van der Waals surface area (Å²) in [6, 6.07) is 13.5. The molecule has 0 radical (unpaired) electrons. The Balaban J connectivity index is 2.65. The zero-order chi connectivity index (χ0) is 19.7. The van der Waals surface area contributed by atoms with Gasteiger partial charge >= 0.3 is 0 Å². The molecule has 0 spiro atoms. The summed E-state index contributed by atoms with van der Waals surface area (Å²) in [5.74, 6) is -0.0855. The molecule has 0 saturated heterocycles. The van der Waals surface area contributed by atoms with Crippen molar-refractivity contribution in [3.8, 4) is 5.75 Å². The van der Waals surface area contributed by atoms with E-state index in [-0.39, 0.29) is 22.5 Å². The highest BCUT2D eigenvalue weighted by atomic mass is 16.3. The molecule has 0 saturated carbocycles. The highest BCUT2D eigenvalue weighted by Crippen LogP contribution is 2.38. The van der Waals surface area contributed by atoms with Gasteiger partial charge in [-0.15, -0.1) is 0 Å². The molecule has 0 aliphatic heterocycles. The van der Waals surface area contributed by atoms with Crippen molar-refractivity contribution in [2.75, 3.05) is 11.4 Å². The van der Waals surface area contributed by atoms with E-state index in [1.54, 1.807) is 4.90 Å². The average molecular weight is 354 g/mol. The summed E-state index contributed by atoms with van der Waals surface area (Å²) in [6.07, 6.45) is 0. The lowest BCUT2D eigenvalue weighted by molar-refractivity contribution is 0.0985. The van der Waals surface area contributed by atoms with Gasteiger partial charge in [-0.05, 0) is 41.5 Å². The second-order valence-corrected chi connectivity index (χ2v) is 8.80. The van der Waals surface area contributed by atoms with Crippen LogP contribution in [0.1, 0.15) is 70.0 Å². The van der Waals surface area contributed by atoms with Crippen LogP contribution in [0.2, 0.25) is 0 Å². The number of carbonyl (C=O) groups excluding carboxylic acids is 1. The molecule has 0 aromatic heterocycles. The van der Waals surface area contributed by atoms with Crippen molar-refractivity contribution >= 4 is 11.6 Å². The number of carbonyl (C=O) groups is 1. The van der Waals surface area contributed by atoms with Gasteiger partial charge in [-0.25, -0.2) is 0 Å². The van der Waals surface area contributed by atoms with Crippen LogP contribution in [0.15, 0.2) is 42.5 Å². The molecule has 0 heterocycles. The average Bonchev–Trinajstić information content (AvgIpc) is 2.54. The summed E-state index contributed by atoms with van der Waals surface area (Å²) in [5.41, 5.74) is 2.67. The maximum Gasteiger partial charge on any atom is 0.262 e. The summed E-state index contributed by atoms with van der Waals surface area (Å²) >= 11 is 0. The lowest BCUT2D eigenvalue weighted by Crippen LogP contribution is -2.31. The predicted octanol–water partition coefficient (Wildman–Crippen LogP) is 5.65. The minimum atomic E-state index is -0.260. The van der Waals surface area contributed by atoms with Gasteiger partial charge in [0.25, 0.3) is 5.91 Å². The van der Waals surface area contributed by atoms with E-state index in [2.05, 4.69) is 41.5 Å². The van der Waals surface area contributed by atoms with E-state index in [9.17, 15) is 9.90 Å². The second kappa shape index (κ2) is 7.14. The smallest absolute Gasteiger partial charge is 0.262 e. The third-order valence-electron chi connectivity index (χ3n) is 4.64. The third-order valence-corrected chi connectivity index (χ3v) is 4.64. The van der Waals surface area contributed by atoms with Crippen LogP contribution in [0, 0.1) is 0 Å². The quantitative estimate of drug-likeness (QED) is 0.774. The van der Waals surface area contributed by atoms with E-state index in [1.807, 2.05) is 49.4 Å². The van der Waals surface area contributed by atoms with Crippen LogP contribution in [-0.4, -0.2) is 17.6 Å². The number of para-hydroxylation sites is 1. The zero-order valence-electron chi connectivity index (χ0n) is 17.1. The minimum absolute atomic E-state index is 0.0879. The molecule has 2 aromatic rings. The first-order valence-electron chi connectivity index (χ1n) is 9.21. The first-order valence-corrected chi connectivity index (χ1v) is 9.21. The minimum Gasteiger partial charge on any atom is -0.507 e. The topological polar surface area (TPSA) is 40.5 Å². The van der Waals surface area contributed by atoms with Gasteiger partial charge in [0, 0.05) is 17.8 Å². The number of benzene rings is 2. The number of aromatic hydroxyl groups is 1. The van der Waals surface area contributed by atoms with Crippen molar-refractivity contribution in [2.45, 2.75) is 59.3 Å². The molecule has 0 aliphatic carbocycles. The lowest BCUT2D eigenvalue weighted by atomic mass is 9.78. The molecule has 0 fully saturated rings. The number of nitrogens with zero attached hydrogens (tertiary/aromatic N) is 1. The Morgan fingerprint density at radius 3 is 2.00 bits per heavy atom. The van der Waals surface area contributed by atoms with Crippen LogP contribution in [0.3, 0.4) is 0 Å². The largest absolute Gasteiger partial charge is 0.507 e.